The van der Waals surface area contributed by atoms with E-state index in [9.17, 15) is 13.2 Å². The molecule has 1 N–H and O–H groups in total. The molecule has 6 nitrogen and oxygen atoms in total. The number of morpholine rings is 1. The highest BCUT2D eigenvalue weighted by Crippen LogP contribution is 2.19. The molecule has 0 aromatic heterocycles. The summed E-state index contributed by atoms with van der Waals surface area (Å²) in [4.78, 5) is 14.5. The molecule has 1 aromatic carbocycles. The lowest BCUT2D eigenvalue weighted by atomic mass is 10.1. The van der Waals surface area contributed by atoms with Gasteiger partial charge in [-0.2, -0.15) is 0 Å². The van der Waals surface area contributed by atoms with Crippen molar-refractivity contribution in [3.05, 3.63) is 29.3 Å². The third-order valence-corrected chi connectivity index (χ3v) is 5.31. The number of aryl methyl sites for hydroxylation is 1. The van der Waals surface area contributed by atoms with E-state index in [0.29, 0.717) is 25.3 Å². The van der Waals surface area contributed by atoms with Gasteiger partial charge in [0, 0.05) is 18.7 Å². The quantitative estimate of drug-likeness (QED) is 0.901. The van der Waals surface area contributed by atoms with Gasteiger partial charge in [-0.1, -0.05) is 13.0 Å². The second-order valence-electron chi connectivity index (χ2n) is 5.34. The van der Waals surface area contributed by atoms with E-state index in [-0.39, 0.29) is 16.9 Å². The summed E-state index contributed by atoms with van der Waals surface area (Å²) in [5.41, 5.74) is 1.19. The van der Waals surface area contributed by atoms with Crippen molar-refractivity contribution in [2.24, 2.45) is 0 Å². The lowest BCUT2D eigenvalue weighted by Crippen LogP contribution is -2.45. The summed E-state index contributed by atoms with van der Waals surface area (Å²) in [7, 11) is -2.21. The van der Waals surface area contributed by atoms with Gasteiger partial charge in [-0.05, 0) is 38.1 Å². The van der Waals surface area contributed by atoms with E-state index < -0.39 is 10.0 Å². The summed E-state index contributed by atoms with van der Waals surface area (Å²) >= 11 is 0. The number of rotatable bonds is 4. The molecule has 1 fully saturated rings. The number of amides is 1. The van der Waals surface area contributed by atoms with E-state index >= 15 is 0 Å². The molecule has 122 valence electrons. The predicted octanol–water partition coefficient (Wildman–Crippen LogP) is 1.15. The fourth-order valence-electron chi connectivity index (χ4n) is 2.44. The van der Waals surface area contributed by atoms with Gasteiger partial charge in [0.2, 0.25) is 10.0 Å². The Balaban J connectivity index is 2.31. The molecular formula is C15H22N2O4S. The average molecular weight is 326 g/mol. The minimum atomic E-state index is -3.56. The maximum Gasteiger partial charge on any atom is 0.254 e. The Morgan fingerprint density at radius 1 is 1.45 bits per heavy atom. The van der Waals surface area contributed by atoms with Gasteiger partial charge >= 0.3 is 0 Å². The van der Waals surface area contributed by atoms with Crippen LogP contribution < -0.4 is 4.72 Å². The molecule has 1 aliphatic rings. The number of nitrogens with one attached hydrogen (secondary N) is 1. The first kappa shape index (κ1) is 16.9. The maximum absolute atomic E-state index is 12.7. The number of hydrogen-bond acceptors (Lipinski definition) is 4. The molecule has 7 heteroatoms. The Morgan fingerprint density at radius 3 is 2.82 bits per heavy atom. The molecule has 2 rings (SSSR count). The van der Waals surface area contributed by atoms with E-state index in [0.717, 1.165) is 12.0 Å². The third-order valence-electron chi connectivity index (χ3n) is 3.90. The first-order valence-corrected chi connectivity index (χ1v) is 8.82. The average Bonchev–Trinajstić information content (AvgIpc) is 2.54. The zero-order valence-electron chi connectivity index (χ0n) is 13.1. The molecule has 1 amide bonds. The van der Waals surface area contributed by atoms with Crippen LogP contribution in [0.2, 0.25) is 0 Å². The third kappa shape index (κ3) is 3.48. The van der Waals surface area contributed by atoms with E-state index in [2.05, 4.69) is 4.72 Å². The predicted molar refractivity (Wildman–Crippen MR) is 83.4 cm³/mol. The summed E-state index contributed by atoms with van der Waals surface area (Å²) < 4.78 is 31.6. The van der Waals surface area contributed by atoms with Gasteiger partial charge in [0.05, 0.1) is 17.6 Å². The lowest BCUT2D eigenvalue weighted by molar-refractivity contribution is -0.0226. The molecule has 0 spiro atoms. The number of carbonyl (C=O) groups excluding carboxylic acids is 1. The van der Waals surface area contributed by atoms with E-state index in [4.69, 9.17) is 4.74 Å². The van der Waals surface area contributed by atoms with Crippen LogP contribution in [0.5, 0.6) is 0 Å². The van der Waals surface area contributed by atoms with Crippen LogP contribution in [0.3, 0.4) is 0 Å². The van der Waals surface area contributed by atoms with Crippen LogP contribution in [0, 0.1) is 6.92 Å². The zero-order valence-corrected chi connectivity index (χ0v) is 13.9. The minimum Gasteiger partial charge on any atom is -0.375 e. The van der Waals surface area contributed by atoms with Crippen molar-refractivity contribution in [3.8, 4) is 0 Å². The minimum absolute atomic E-state index is 0.0437. The second kappa shape index (κ2) is 6.76. The van der Waals surface area contributed by atoms with Gasteiger partial charge in [-0.25, -0.2) is 13.1 Å². The number of nitrogens with zero attached hydrogens (tertiary/aromatic N) is 1. The van der Waals surface area contributed by atoms with Gasteiger partial charge in [0.1, 0.15) is 0 Å². The molecule has 22 heavy (non-hydrogen) atoms. The summed E-state index contributed by atoms with van der Waals surface area (Å²) in [5, 5.41) is 0. The van der Waals surface area contributed by atoms with Crippen LogP contribution in [-0.4, -0.2) is 52.1 Å². The largest absolute Gasteiger partial charge is 0.375 e. The Labute approximate surface area is 131 Å². The van der Waals surface area contributed by atoms with E-state index in [1.54, 1.807) is 17.9 Å². The van der Waals surface area contributed by atoms with Crippen molar-refractivity contribution in [1.29, 1.82) is 0 Å². The standard InChI is InChI=1S/C15H22N2O4S/c1-4-12-10-17(7-8-21-12)15(18)14-9-13(6-5-11(14)2)22(19,20)16-3/h5-6,9,12,16H,4,7-8,10H2,1-3H3/t12-/m1/s1. The second-order valence-corrected chi connectivity index (χ2v) is 7.22. The van der Waals surface area contributed by atoms with Crippen LogP contribution in [0.15, 0.2) is 23.1 Å². The highest BCUT2D eigenvalue weighted by atomic mass is 32.2. The molecule has 1 heterocycles. The van der Waals surface area contributed by atoms with E-state index in [1.165, 1.54) is 19.2 Å². The molecule has 0 bridgehead atoms. The fourth-order valence-corrected chi connectivity index (χ4v) is 3.19. The number of carbonyl (C=O) groups is 1. The van der Waals surface area contributed by atoms with Gasteiger partial charge in [-0.15, -0.1) is 0 Å². The zero-order chi connectivity index (χ0) is 16.3. The summed E-state index contributed by atoms with van der Waals surface area (Å²) in [6, 6.07) is 4.61. The van der Waals surface area contributed by atoms with Crippen LogP contribution in [0.4, 0.5) is 0 Å². The van der Waals surface area contributed by atoms with Gasteiger partial charge in [0.25, 0.3) is 5.91 Å². The molecule has 1 saturated heterocycles. The van der Waals surface area contributed by atoms with Crippen LogP contribution in [-0.2, 0) is 14.8 Å². The van der Waals surface area contributed by atoms with Crippen LogP contribution in [0.25, 0.3) is 0 Å². The summed E-state index contributed by atoms with van der Waals surface area (Å²) in [6.07, 6.45) is 0.888. The first-order chi connectivity index (χ1) is 10.4. The van der Waals surface area contributed by atoms with E-state index in [1.807, 2.05) is 6.92 Å². The maximum atomic E-state index is 12.7. The smallest absolute Gasteiger partial charge is 0.254 e. The highest BCUT2D eigenvalue weighted by molar-refractivity contribution is 7.89. The number of ether oxygens (including phenoxy) is 1. The molecule has 0 saturated carbocycles. The van der Waals surface area contributed by atoms with Crippen molar-refractivity contribution < 1.29 is 17.9 Å². The SMILES string of the molecule is CC[C@@H]1CN(C(=O)c2cc(S(=O)(=O)NC)ccc2C)CCO1. The fraction of sp³-hybridized carbons (Fsp3) is 0.533. The molecule has 1 atom stereocenters. The molecular weight excluding hydrogens is 304 g/mol. The Kier molecular flexibility index (Phi) is 5.20. The number of hydrogen-bond donors (Lipinski definition) is 1. The topological polar surface area (TPSA) is 75.7 Å². The number of benzene rings is 1. The van der Waals surface area contributed by atoms with Crippen molar-refractivity contribution in [1.82, 2.24) is 9.62 Å². The van der Waals surface area contributed by atoms with Crippen molar-refractivity contribution in [3.63, 3.8) is 0 Å². The Morgan fingerprint density at radius 2 is 2.18 bits per heavy atom. The Bertz CT molecular complexity index is 658. The van der Waals surface area contributed by atoms with Crippen LogP contribution in [0.1, 0.15) is 29.3 Å². The monoisotopic (exact) mass is 326 g/mol. The molecule has 0 radical (unpaired) electrons. The molecule has 1 aliphatic heterocycles. The summed E-state index contributed by atoms with van der Waals surface area (Å²) in [5.74, 6) is -0.146. The first-order valence-electron chi connectivity index (χ1n) is 7.34. The highest BCUT2D eigenvalue weighted by Gasteiger charge is 2.26. The molecule has 1 aromatic rings. The number of sulfonamides is 1. The molecule has 0 aliphatic carbocycles. The van der Waals surface area contributed by atoms with Gasteiger partial charge in [-0.3, -0.25) is 4.79 Å². The van der Waals surface area contributed by atoms with Gasteiger partial charge in [0.15, 0.2) is 0 Å². The summed E-state index contributed by atoms with van der Waals surface area (Å²) in [6.45, 7) is 5.40. The normalized spacial score (nSPS) is 19.2. The Hall–Kier alpha value is -1.44. The molecule has 0 unspecified atom stereocenters. The van der Waals surface area contributed by atoms with Crippen LogP contribution >= 0.6 is 0 Å². The lowest BCUT2D eigenvalue weighted by Gasteiger charge is -2.33. The van der Waals surface area contributed by atoms with Crippen molar-refractivity contribution in [2.75, 3.05) is 26.7 Å². The van der Waals surface area contributed by atoms with Crippen molar-refractivity contribution >= 4 is 15.9 Å². The van der Waals surface area contributed by atoms with Crippen molar-refractivity contribution in [2.45, 2.75) is 31.3 Å². The van der Waals surface area contributed by atoms with Gasteiger partial charge < -0.3 is 9.64 Å².